The summed E-state index contributed by atoms with van der Waals surface area (Å²) in [5, 5.41) is 21.6. The third-order valence-electron chi connectivity index (χ3n) is 29.8. The summed E-state index contributed by atoms with van der Waals surface area (Å²) in [6, 6.07) is 107. The highest BCUT2D eigenvalue weighted by atomic mass is 15.1. The number of nitrogens with zero attached hydrogens (tertiary/aromatic N) is 10. The predicted molar refractivity (Wildman–Crippen MR) is 553 cm³/mol. The van der Waals surface area contributed by atoms with Gasteiger partial charge in [-0.25, -0.2) is 0 Å². The largest absolute Gasteiger partial charge is 0.316 e. The van der Waals surface area contributed by atoms with Crippen LogP contribution >= 0.6 is 0 Å². The molecule has 0 bridgehead atoms. The van der Waals surface area contributed by atoms with Crippen LogP contribution in [0.15, 0.2) is 328 Å². The molecule has 0 radical (unpaired) electrons. The Morgan fingerprint density at radius 1 is 0.198 bits per heavy atom. The monoisotopic (exact) mass is 1690 g/mol. The van der Waals surface area contributed by atoms with Crippen LogP contribution in [0.2, 0.25) is 0 Å². The van der Waals surface area contributed by atoms with E-state index in [0.29, 0.717) is 0 Å². The molecule has 0 unspecified atom stereocenters. The van der Waals surface area contributed by atoms with Gasteiger partial charge in [-0.1, -0.05) is 105 Å². The number of rotatable bonds is 8. The van der Waals surface area contributed by atoms with Gasteiger partial charge in [0.1, 0.15) is 0 Å². The Balaban J connectivity index is 0.000000110. The molecule has 0 aliphatic carbocycles. The minimum absolute atomic E-state index is 0.252. The highest BCUT2D eigenvalue weighted by Gasteiger charge is 2.31. The Labute approximate surface area is 758 Å². The fourth-order valence-electron chi connectivity index (χ4n) is 21.9. The number of aryl methyl sites for hydroxylation is 12. The summed E-state index contributed by atoms with van der Waals surface area (Å²) in [6.07, 6.45) is 14.3. The molecule has 0 N–H and O–H groups in total. The first kappa shape index (κ1) is 77.6. The van der Waals surface area contributed by atoms with Crippen molar-refractivity contribution in [2.24, 2.45) is 0 Å². The highest BCUT2D eigenvalue weighted by Crippen LogP contribution is 2.49. The number of para-hydroxylation sites is 5. The number of fused-ring (bicyclic) bond motifs is 24. The maximum atomic E-state index is 4.52. The summed E-state index contributed by atoms with van der Waals surface area (Å²) in [4.78, 5) is 9.04. The van der Waals surface area contributed by atoms with E-state index in [2.05, 4.69) is 447 Å². The van der Waals surface area contributed by atoms with E-state index in [1.165, 1.54) is 252 Å². The first-order valence-corrected chi connectivity index (χ1v) is 45.8. The molecule has 15 aromatic carbocycles. The minimum Gasteiger partial charge on any atom is -0.316 e. The van der Waals surface area contributed by atoms with E-state index in [4.69, 9.17) is 0 Å². The Morgan fingerprint density at radius 2 is 0.435 bits per heavy atom. The van der Waals surface area contributed by atoms with Gasteiger partial charge in [0.2, 0.25) is 0 Å². The quantitative estimate of drug-likeness (QED) is 0.152. The van der Waals surface area contributed by atoms with E-state index in [1.54, 1.807) is 0 Å². The average molecular weight is 1690 g/mol. The molecule has 630 valence electrons. The van der Waals surface area contributed by atoms with Crippen molar-refractivity contribution < 1.29 is 0 Å². The van der Waals surface area contributed by atoms with Crippen LogP contribution in [-0.2, 0) is 5.41 Å². The summed E-state index contributed by atoms with van der Waals surface area (Å²) in [7, 11) is 0. The number of pyridine rings is 2. The van der Waals surface area contributed by atoms with Gasteiger partial charge >= 0.3 is 0 Å². The summed E-state index contributed by atoms with van der Waals surface area (Å²) in [5.74, 6) is 0. The Morgan fingerprint density at radius 3 is 0.725 bits per heavy atom. The topological polar surface area (TPSA) is 64.2 Å². The summed E-state index contributed by atoms with van der Waals surface area (Å²) in [6.45, 7) is 31.6. The van der Waals surface area contributed by atoms with Gasteiger partial charge in [-0.2, -0.15) is 0 Å². The zero-order valence-electron chi connectivity index (χ0n) is 76.1. The Hall–Kier alpha value is -15.8. The zero-order chi connectivity index (χ0) is 88.7. The molecule has 131 heavy (non-hydrogen) atoms. The molecule has 0 aliphatic heterocycles. The van der Waals surface area contributed by atoms with Crippen LogP contribution in [0.1, 0.15) is 91.7 Å². The van der Waals surface area contributed by atoms with E-state index in [0.717, 1.165) is 34.1 Å². The van der Waals surface area contributed by atoms with Crippen molar-refractivity contribution >= 4 is 174 Å². The van der Waals surface area contributed by atoms with Gasteiger partial charge in [0.15, 0.2) is 0 Å². The summed E-state index contributed by atoms with van der Waals surface area (Å²) in [5.41, 5.74) is 43.5. The van der Waals surface area contributed by atoms with Gasteiger partial charge in [0, 0.05) is 141 Å². The van der Waals surface area contributed by atoms with E-state index >= 15 is 0 Å². The van der Waals surface area contributed by atoms with Crippen molar-refractivity contribution in [3.63, 3.8) is 0 Å². The lowest BCUT2D eigenvalue weighted by Gasteiger charge is -2.27. The summed E-state index contributed by atoms with van der Waals surface area (Å²) >= 11 is 0. The van der Waals surface area contributed by atoms with Gasteiger partial charge in [0.25, 0.3) is 0 Å². The molecule has 0 saturated carbocycles. The standard InChI is InChI=1S/C54H51N3.C37H24N4.C30H21N3/c1-28-13-43-44-14-29(2)35(8)20-50(44)55(49(43)19-34(28)7)40-25-41(56-51-21-36(9)30(3)15-45(51)46-16-31(4)37(10)22-52(46)56)27-42(26-40)57-53-23-38(11)32(5)17-47(53)48-18-33(6)39(12)24-54(48)57;1-37(2,21-15-25-23-7-3-5-9-31(23)40-33-11-13-38-19-29(33)27(17-21)35(25)40)22-16-26-24-8-4-6-10-32(24)41-34-12-14-39-20-30(34)28(18-22)36(26)41;1-4-10-28-22(7-1)13-16-31(28)25-19-26(32-17-14-23-8-2-5-11-29(23)32)21-27(20-25)33-18-15-24-9-3-6-12-30(24)33/h13-27H,1-12H3;3-20H,1-2H3;1-21H. The lowest BCUT2D eigenvalue weighted by atomic mass is 9.76. The molecule has 0 spiro atoms. The van der Waals surface area contributed by atoms with Gasteiger partial charge < -0.3 is 36.2 Å². The number of hydrogen-bond donors (Lipinski definition) is 0. The van der Waals surface area contributed by atoms with Crippen LogP contribution < -0.4 is 0 Å². The summed E-state index contributed by atoms with van der Waals surface area (Å²) < 4.78 is 19.3. The molecule has 0 saturated heterocycles. The molecule has 27 aromatic rings. The molecule has 0 fully saturated rings. The Kier molecular flexibility index (Phi) is 16.9. The maximum absolute atomic E-state index is 4.52. The van der Waals surface area contributed by atoms with Crippen molar-refractivity contribution in [3.8, 4) is 34.1 Å². The first-order chi connectivity index (χ1) is 63.6. The SMILES string of the molecule is CC(C)(c1cc2c3ccccc3n3c4ccncc4c(c1)c23)c1cc2c3ccccc3n3c4ccncc4c(c1)c23.Cc1cc2c3cc(C)c(C)cc3n(-c3cc(-n4c5cc(C)c(C)cc5c5cc(C)c(C)cc54)cc(-n4c5cc(C)c(C)cc5c5cc(C)c(C)cc54)c3)c2cc1C.c1ccc2c(c1)ccn2-c1cc(-n2ccc3ccccc32)cc(-n2ccc3ccccc32)c1. The minimum atomic E-state index is -0.252. The van der Waals surface area contributed by atoms with Crippen LogP contribution in [0.5, 0.6) is 0 Å². The lowest BCUT2D eigenvalue weighted by Crippen LogP contribution is -2.18. The fraction of sp³-hybridized carbons (Fsp3) is 0.124. The smallest absolute Gasteiger partial charge is 0.0621 e. The first-order valence-electron chi connectivity index (χ1n) is 45.8. The van der Waals surface area contributed by atoms with Gasteiger partial charge in [-0.3, -0.25) is 9.97 Å². The number of benzene rings is 15. The molecular weight excluding hydrogens is 1590 g/mol. The van der Waals surface area contributed by atoms with Crippen LogP contribution in [0.3, 0.4) is 0 Å². The van der Waals surface area contributed by atoms with Crippen LogP contribution in [-0.4, -0.2) is 46.2 Å². The van der Waals surface area contributed by atoms with Crippen LogP contribution in [0.25, 0.3) is 208 Å². The van der Waals surface area contributed by atoms with E-state index in [1.807, 2.05) is 24.8 Å². The van der Waals surface area contributed by atoms with Crippen molar-refractivity contribution in [2.75, 3.05) is 0 Å². The second-order valence-electron chi connectivity index (χ2n) is 37.8. The lowest BCUT2D eigenvalue weighted by molar-refractivity contribution is 0.644. The normalized spacial score (nSPS) is 12.4. The average Bonchev–Trinajstić information content (AvgIpc) is 1.58. The van der Waals surface area contributed by atoms with Crippen molar-refractivity contribution in [1.82, 2.24) is 46.2 Å². The second-order valence-corrected chi connectivity index (χ2v) is 37.8. The molecular formula is C121H96N10. The Bertz CT molecular complexity index is 8410. The van der Waals surface area contributed by atoms with Gasteiger partial charge in [0.05, 0.1) is 99.8 Å². The zero-order valence-corrected chi connectivity index (χ0v) is 76.1. The van der Waals surface area contributed by atoms with E-state index in [9.17, 15) is 0 Å². The number of hydrogen-bond acceptors (Lipinski definition) is 2. The van der Waals surface area contributed by atoms with Crippen molar-refractivity contribution in [1.29, 1.82) is 0 Å². The molecule has 10 heteroatoms. The van der Waals surface area contributed by atoms with Gasteiger partial charge in [-0.05, 0) is 371 Å². The molecule has 0 atom stereocenters. The fourth-order valence-corrected chi connectivity index (χ4v) is 21.9. The second kappa shape index (κ2) is 28.6. The highest BCUT2D eigenvalue weighted by molar-refractivity contribution is 6.26. The number of aromatic nitrogens is 10. The molecule has 27 rings (SSSR count). The van der Waals surface area contributed by atoms with E-state index in [-0.39, 0.29) is 5.41 Å². The van der Waals surface area contributed by atoms with E-state index < -0.39 is 0 Å². The van der Waals surface area contributed by atoms with Crippen molar-refractivity contribution in [3.05, 3.63) is 406 Å². The molecule has 10 nitrogen and oxygen atoms in total. The molecule has 12 aromatic heterocycles. The molecule has 12 heterocycles. The predicted octanol–water partition coefficient (Wildman–Crippen LogP) is 31.3. The third kappa shape index (κ3) is 11.6. The van der Waals surface area contributed by atoms with Crippen molar-refractivity contribution in [2.45, 2.75) is 102 Å². The van der Waals surface area contributed by atoms with Gasteiger partial charge in [-0.15, -0.1) is 0 Å². The maximum Gasteiger partial charge on any atom is 0.0621 e. The molecule has 0 aliphatic rings. The third-order valence-corrected chi connectivity index (χ3v) is 29.8. The molecule has 0 amide bonds. The van der Waals surface area contributed by atoms with Crippen LogP contribution in [0.4, 0.5) is 0 Å². The van der Waals surface area contributed by atoms with Crippen LogP contribution in [0, 0.1) is 83.1 Å².